The number of nitrogens with zero attached hydrogens (tertiary/aromatic N) is 2. The number of amides is 2. The van der Waals surface area contributed by atoms with Gasteiger partial charge >= 0.3 is 6.03 Å². The molecule has 26 heavy (non-hydrogen) atoms. The Bertz CT molecular complexity index is 847. The molecule has 2 N–H and O–H groups in total. The van der Waals surface area contributed by atoms with Gasteiger partial charge in [-0.2, -0.15) is 0 Å². The molecule has 0 saturated heterocycles. The van der Waals surface area contributed by atoms with Crippen LogP contribution in [-0.2, 0) is 19.6 Å². The Balaban J connectivity index is 1.48. The SMILES string of the molecule is COc1cccc(CNC(=O)NCc2cccc(Cn3ccnc3)c2)c1. The summed E-state index contributed by atoms with van der Waals surface area (Å²) in [6.07, 6.45) is 5.48. The minimum atomic E-state index is -0.201. The zero-order valence-electron chi connectivity index (χ0n) is 14.7. The Hall–Kier alpha value is -3.28. The number of methoxy groups -OCH3 is 1. The van der Waals surface area contributed by atoms with Crippen molar-refractivity contribution in [2.24, 2.45) is 0 Å². The Morgan fingerprint density at radius 3 is 2.42 bits per heavy atom. The molecule has 0 spiro atoms. The van der Waals surface area contributed by atoms with E-state index in [1.807, 2.05) is 47.2 Å². The fourth-order valence-corrected chi connectivity index (χ4v) is 2.64. The standard InChI is InChI=1S/C20H22N4O2/c1-26-19-7-3-5-17(11-19)13-23-20(25)22-12-16-4-2-6-18(10-16)14-24-9-8-21-15-24/h2-11,15H,12-14H2,1H3,(H2,22,23,25). The zero-order chi connectivity index (χ0) is 18.2. The van der Waals surface area contributed by atoms with Crippen molar-refractivity contribution in [1.29, 1.82) is 0 Å². The van der Waals surface area contributed by atoms with Gasteiger partial charge in [0, 0.05) is 32.0 Å². The first-order chi connectivity index (χ1) is 12.7. The predicted octanol–water partition coefficient (Wildman–Crippen LogP) is 2.94. The zero-order valence-corrected chi connectivity index (χ0v) is 14.7. The van der Waals surface area contributed by atoms with Crippen molar-refractivity contribution in [3.8, 4) is 5.75 Å². The second kappa shape index (κ2) is 8.71. The quantitative estimate of drug-likeness (QED) is 0.688. The number of hydrogen-bond acceptors (Lipinski definition) is 3. The van der Waals surface area contributed by atoms with Gasteiger partial charge in [0.05, 0.1) is 13.4 Å². The highest BCUT2D eigenvalue weighted by Gasteiger charge is 2.03. The fraction of sp³-hybridized carbons (Fsp3) is 0.200. The molecular weight excluding hydrogens is 328 g/mol. The van der Waals surface area contributed by atoms with Crippen LogP contribution >= 0.6 is 0 Å². The number of benzene rings is 2. The maximum atomic E-state index is 12.0. The van der Waals surface area contributed by atoms with Gasteiger partial charge in [-0.25, -0.2) is 9.78 Å². The number of urea groups is 1. The van der Waals surface area contributed by atoms with Crippen molar-refractivity contribution in [1.82, 2.24) is 20.2 Å². The fourth-order valence-electron chi connectivity index (χ4n) is 2.64. The van der Waals surface area contributed by atoms with E-state index < -0.39 is 0 Å². The van der Waals surface area contributed by atoms with Crippen molar-refractivity contribution < 1.29 is 9.53 Å². The molecule has 0 atom stereocenters. The average Bonchev–Trinajstić information content (AvgIpc) is 3.18. The predicted molar refractivity (Wildman–Crippen MR) is 99.8 cm³/mol. The molecule has 1 heterocycles. The van der Waals surface area contributed by atoms with E-state index >= 15 is 0 Å². The Labute approximate surface area is 152 Å². The van der Waals surface area contributed by atoms with Crippen LogP contribution in [0.15, 0.2) is 67.3 Å². The molecule has 0 aliphatic heterocycles. The molecule has 0 unspecified atom stereocenters. The molecule has 3 rings (SSSR count). The normalized spacial score (nSPS) is 10.3. The van der Waals surface area contributed by atoms with Crippen LogP contribution in [0.1, 0.15) is 16.7 Å². The number of nitrogens with one attached hydrogen (secondary N) is 2. The highest BCUT2D eigenvalue weighted by atomic mass is 16.5. The maximum Gasteiger partial charge on any atom is 0.315 e. The van der Waals surface area contributed by atoms with E-state index in [0.717, 1.165) is 23.4 Å². The van der Waals surface area contributed by atoms with E-state index in [4.69, 9.17) is 4.74 Å². The van der Waals surface area contributed by atoms with Crippen LogP contribution in [0.25, 0.3) is 0 Å². The van der Waals surface area contributed by atoms with Crippen LogP contribution in [0.2, 0.25) is 0 Å². The molecule has 6 nitrogen and oxygen atoms in total. The Morgan fingerprint density at radius 1 is 1.04 bits per heavy atom. The first-order valence-electron chi connectivity index (χ1n) is 8.41. The number of carbonyl (C=O) groups is 1. The largest absolute Gasteiger partial charge is 0.497 e. The third-order valence-corrected chi connectivity index (χ3v) is 3.96. The van der Waals surface area contributed by atoms with Crippen LogP contribution in [0.4, 0.5) is 4.79 Å². The van der Waals surface area contributed by atoms with E-state index in [0.29, 0.717) is 13.1 Å². The lowest BCUT2D eigenvalue weighted by molar-refractivity contribution is 0.240. The average molecular weight is 350 g/mol. The maximum absolute atomic E-state index is 12.0. The van der Waals surface area contributed by atoms with Crippen molar-refractivity contribution >= 4 is 6.03 Å². The molecule has 0 aliphatic carbocycles. The van der Waals surface area contributed by atoms with Crippen molar-refractivity contribution in [2.75, 3.05) is 7.11 Å². The summed E-state index contributed by atoms with van der Waals surface area (Å²) in [4.78, 5) is 16.1. The van der Waals surface area contributed by atoms with Crippen molar-refractivity contribution in [3.05, 3.63) is 83.9 Å². The molecule has 134 valence electrons. The topological polar surface area (TPSA) is 68.2 Å². The van der Waals surface area contributed by atoms with Gasteiger partial charge in [-0.3, -0.25) is 0 Å². The summed E-state index contributed by atoms with van der Waals surface area (Å²) in [5, 5.41) is 5.74. The molecule has 0 aliphatic rings. The summed E-state index contributed by atoms with van der Waals surface area (Å²) >= 11 is 0. The number of imidazole rings is 1. The lowest BCUT2D eigenvalue weighted by Gasteiger charge is -2.10. The van der Waals surface area contributed by atoms with Gasteiger partial charge in [-0.05, 0) is 28.8 Å². The minimum absolute atomic E-state index is 0.201. The molecule has 6 heteroatoms. The molecule has 0 fully saturated rings. The summed E-state index contributed by atoms with van der Waals surface area (Å²) in [7, 11) is 1.63. The number of hydrogen-bond donors (Lipinski definition) is 2. The van der Waals surface area contributed by atoms with Crippen LogP contribution < -0.4 is 15.4 Å². The van der Waals surface area contributed by atoms with E-state index in [2.05, 4.69) is 27.8 Å². The van der Waals surface area contributed by atoms with E-state index in [1.165, 1.54) is 5.56 Å². The van der Waals surface area contributed by atoms with Crippen LogP contribution in [0, 0.1) is 0 Å². The van der Waals surface area contributed by atoms with Gasteiger partial charge in [0.1, 0.15) is 5.75 Å². The lowest BCUT2D eigenvalue weighted by Crippen LogP contribution is -2.34. The summed E-state index contributed by atoms with van der Waals surface area (Å²) in [6, 6.07) is 15.6. The van der Waals surface area contributed by atoms with Crippen LogP contribution in [0.5, 0.6) is 5.75 Å². The van der Waals surface area contributed by atoms with Gasteiger partial charge < -0.3 is 19.9 Å². The molecule has 3 aromatic rings. The minimum Gasteiger partial charge on any atom is -0.497 e. The number of aromatic nitrogens is 2. The van der Waals surface area contributed by atoms with Gasteiger partial charge in [0.15, 0.2) is 0 Å². The highest BCUT2D eigenvalue weighted by Crippen LogP contribution is 2.12. The summed E-state index contributed by atoms with van der Waals surface area (Å²) in [5.41, 5.74) is 3.21. The first-order valence-corrected chi connectivity index (χ1v) is 8.41. The Kier molecular flexibility index (Phi) is 5.88. The van der Waals surface area contributed by atoms with Crippen molar-refractivity contribution in [3.63, 3.8) is 0 Å². The second-order valence-electron chi connectivity index (χ2n) is 5.94. The molecule has 1 aromatic heterocycles. The third-order valence-electron chi connectivity index (χ3n) is 3.96. The monoisotopic (exact) mass is 350 g/mol. The number of carbonyl (C=O) groups excluding carboxylic acids is 1. The van der Waals surface area contributed by atoms with Gasteiger partial charge in [0.25, 0.3) is 0 Å². The summed E-state index contributed by atoms with van der Waals surface area (Å²) in [5.74, 6) is 0.777. The molecule has 0 saturated carbocycles. The van der Waals surface area contributed by atoms with Crippen LogP contribution in [-0.4, -0.2) is 22.7 Å². The summed E-state index contributed by atoms with van der Waals surface area (Å²) in [6.45, 7) is 1.68. The van der Waals surface area contributed by atoms with E-state index in [9.17, 15) is 4.79 Å². The Morgan fingerprint density at radius 2 is 1.73 bits per heavy atom. The van der Waals surface area contributed by atoms with Gasteiger partial charge in [-0.15, -0.1) is 0 Å². The van der Waals surface area contributed by atoms with Crippen molar-refractivity contribution in [2.45, 2.75) is 19.6 Å². The van der Waals surface area contributed by atoms with E-state index in [-0.39, 0.29) is 6.03 Å². The molecule has 2 aromatic carbocycles. The number of ether oxygens (including phenoxy) is 1. The molecule has 2 amide bonds. The lowest BCUT2D eigenvalue weighted by atomic mass is 10.1. The molecular formula is C20H22N4O2. The number of rotatable bonds is 7. The summed E-state index contributed by atoms with van der Waals surface area (Å²) < 4.78 is 7.19. The first kappa shape index (κ1) is 17.5. The third kappa shape index (κ3) is 5.11. The second-order valence-corrected chi connectivity index (χ2v) is 5.94. The van der Waals surface area contributed by atoms with E-state index in [1.54, 1.807) is 19.6 Å². The van der Waals surface area contributed by atoms with Gasteiger partial charge in [-0.1, -0.05) is 36.4 Å². The molecule has 0 bridgehead atoms. The smallest absolute Gasteiger partial charge is 0.315 e. The molecule has 0 radical (unpaired) electrons. The van der Waals surface area contributed by atoms with Crippen LogP contribution in [0.3, 0.4) is 0 Å². The van der Waals surface area contributed by atoms with Gasteiger partial charge in [0.2, 0.25) is 0 Å². The highest BCUT2D eigenvalue weighted by molar-refractivity contribution is 5.73.